The second-order valence-electron chi connectivity index (χ2n) is 7.33. The van der Waals surface area contributed by atoms with E-state index >= 15 is 0 Å². The Kier molecular flexibility index (Phi) is 6.37. The lowest BCUT2D eigenvalue weighted by Gasteiger charge is -2.26. The van der Waals surface area contributed by atoms with Crippen molar-refractivity contribution in [3.05, 3.63) is 64.7 Å². The minimum absolute atomic E-state index is 0.167. The molecule has 0 saturated heterocycles. The average molecular weight is 416 g/mol. The third kappa shape index (κ3) is 5.23. The van der Waals surface area contributed by atoms with Crippen LogP contribution >= 0.6 is 0 Å². The molecule has 1 amide bonds. The maximum Gasteiger partial charge on any atom is 0.235 e. The number of benzene rings is 2. The second kappa shape index (κ2) is 8.78. The van der Waals surface area contributed by atoms with E-state index in [9.17, 15) is 18.0 Å². The first kappa shape index (κ1) is 21.0. The van der Waals surface area contributed by atoms with Crippen LogP contribution in [0.25, 0.3) is 0 Å². The minimum atomic E-state index is -3.74. The molecule has 1 aliphatic carbocycles. The number of nitrogens with one attached hydrogen (secondary N) is 1. The number of hydrogen-bond acceptors (Lipinski definition) is 5. The first-order valence-corrected chi connectivity index (χ1v) is 11.4. The first-order chi connectivity index (χ1) is 13.8. The van der Waals surface area contributed by atoms with Gasteiger partial charge in [-0.15, -0.1) is 0 Å². The predicted molar refractivity (Wildman–Crippen MR) is 111 cm³/mol. The van der Waals surface area contributed by atoms with Gasteiger partial charge in [0.25, 0.3) is 0 Å². The largest absolute Gasteiger partial charge is 0.496 e. The lowest BCUT2D eigenvalue weighted by molar-refractivity contribution is -0.119. The van der Waals surface area contributed by atoms with Crippen molar-refractivity contribution in [3.63, 3.8) is 0 Å². The van der Waals surface area contributed by atoms with Gasteiger partial charge in [0.1, 0.15) is 11.5 Å². The van der Waals surface area contributed by atoms with Crippen molar-refractivity contribution in [2.24, 2.45) is 0 Å². The molecule has 0 unspecified atom stereocenters. The summed E-state index contributed by atoms with van der Waals surface area (Å²) in [7, 11) is -2.30. The Morgan fingerprint density at radius 3 is 2.66 bits per heavy atom. The standard InChI is InChI=1S/C22H25NO5S/c1-15(24)17-10-11-21(28-2)18(12-17)13-29(26,27)14-22(25)23-20-9-5-7-16-6-3-4-8-19(16)20/h3-4,6,8,10-12,20H,5,7,9,13-14H2,1-2H3,(H,23,25)/t20-/m1/s1. The van der Waals surface area contributed by atoms with Crippen molar-refractivity contribution in [2.75, 3.05) is 12.9 Å². The summed E-state index contributed by atoms with van der Waals surface area (Å²) >= 11 is 0. The topological polar surface area (TPSA) is 89.5 Å². The third-order valence-corrected chi connectivity index (χ3v) is 6.57. The van der Waals surface area contributed by atoms with Gasteiger partial charge in [-0.1, -0.05) is 24.3 Å². The lowest BCUT2D eigenvalue weighted by atomic mass is 9.88. The molecule has 1 aliphatic rings. The molecule has 2 aromatic rings. The Morgan fingerprint density at radius 2 is 1.93 bits per heavy atom. The number of rotatable bonds is 7. The fourth-order valence-electron chi connectivity index (χ4n) is 3.74. The third-order valence-electron chi connectivity index (χ3n) is 5.12. The number of amides is 1. The van der Waals surface area contributed by atoms with Gasteiger partial charge in [0, 0.05) is 11.1 Å². The summed E-state index contributed by atoms with van der Waals surface area (Å²) in [4.78, 5) is 24.1. The molecule has 0 fully saturated rings. The molecular weight excluding hydrogens is 390 g/mol. The van der Waals surface area contributed by atoms with Crippen LogP contribution in [0.3, 0.4) is 0 Å². The number of Topliss-reactive ketones (excluding diaryl/α,β-unsaturated/α-hetero) is 1. The van der Waals surface area contributed by atoms with Crippen molar-refractivity contribution in [2.45, 2.75) is 38.0 Å². The summed E-state index contributed by atoms with van der Waals surface area (Å²) in [6.07, 6.45) is 2.70. The Bertz CT molecular complexity index is 1030. The normalized spacial score (nSPS) is 16.0. The second-order valence-corrected chi connectivity index (χ2v) is 9.39. The van der Waals surface area contributed by atoms with Gasteiger partial charge in [0.2, 0.25) is 5.91 Å². The number of ether oxygens (including phenoxy) is 1. The smallest absolute Gasteiger partial charge is 0.235 e. The molecule has 1 N–H and O–H groups in total. The van der Waals surface area contributed by atoms with Crippen LogP contribution in [0.15, 0.2) is 42.5 Å². The van der Waals surface area contributed by atoms with Gasteiger partial charge in [-0.05, 0) is 55.5 Å². The zero-order chi connectivity index (χ0) is 21.0. The zero-order valence-electron chi connectivity index (χ0n) is 16.6. The Morgan fingerprint density at radius 1 is 1.17 bits per heavy atom. The Labute approximate surface area is 171 Å². The summed E-state index contributed by atoms with van der Waals surface area (Å²) in [6.45, 7) is 1.41. The van der Waals surface area contributed by atoms with E-state index in [2.05, 4.69) is 5.32 Å². The van der Waals surface area contributed by atoms with Gasteiger partial charge in [0.15, 0.2) is 15.6 Å². The van der Waals surface area contributed by atoms with Crippen molar-refractivity contribution < 1.29 is 22.7 Å². The van der Waals surface area contributed by atoms with Crippen molar-refractivity contribution >= 4 is 21.5 Å². The van der Waals surface area contributed by atoms with Gasteiger partial charge in [-0.3, -0.25) is 9.59 Å². The number of fused-ring (bicyclic) bond motifs is 1. The SMILES string of the molecule is COc1ccc(C(C)=O)cc1CS(=O)(=O)CC(=O)N[C@@H]1CCCc2ccccc21. The van der Waals surface area contributed by atoms with Crippen LogP contribution in [-0.2, 0) is 26.8 Å². The van der Waals surface area contributed by atoms with E-state index in [0.29, 0.717) is 16.9 Å². The summed E-state index contributed by atoms with van der Waals surface area (Å²) < 4.78 is 30.5. The van der Waals surface area contributed by atoms with Gasteiger partial charge in [-0.25, -0.2) is 8.42 Å². The summed E-state index contributed by atoms with van der Waals surface area (Å²) in [6, 6.07) is 12.4. The van der Waals surface area contributed by atoms with Crippen LogP contribution in [0.1, 0.15) is 52.9 Å². The molecule has 0 bridgehead atoms. The fraction of sp³-hybridized carbons (Fsp3) is 0.364. The quantitative estimate of drug-likeness (QED) is 0.702. The molecule has 0 saturated carbocycles. The van der Waals surface area contributed by atoms with Crippen molar-refractivity contribution in [1.82, 2.24) is 5.32 Å². The van der Waals surface area contributed by atoms with Crippen LogP contribution in [0.2, 0.25) is 0 Å². The van der Waals surface area contributed by atoms with E-state index in [-0.39, 0.29) is 17.6 Å². The van der Waals surface area contributed by atoms with Gasteiger partial charge in [0.05, 0.1) is 18.9 Å². The molecule has 1 atom stereocenters. The lowest BCUT2D eigenvalue weighted by Crippen LogP contribution is -2.35. The minimum Gasteiger partial charge on any atom is -0.496 e. The summed E-state index contributed by atoms with van der Waals surface area (Å²) in [5.74, 6) is -1.29. The molecule has 3 rings (SSSR count). The molecule has 2 aromatic carbocycles. The van der Waals surface area contributed by atoms with Crippen LogP contribution in [0.4, 0.5) is 0 Å². The zero-order valence-corrected chi connectivity index (χ0v) is 17.4. The number of hydrogen-bond donors (Lipinski definition) is 1. The van der Waals surface area contributed by atoms with E-state index in [1.54, 1.807) is 12.1 Å². The maximum absolute atomic E-state index is 12.6. The van der Waals surface area contributed by atoms with Gasteiger partial charge in [-0.2, -0.15) is 0 Å². The molecule has 29 heavy (non-hydrogen) atoms. The molecule has 0 aliphatic heterocycles. The van der Waals surface area contributed by atoms with E-state index in [1.165, 1.54) is 25.7 Å². The van der Waals surface area contributed by atoms with Crippen LogP contribution in [-0.4, -0.2) is 33.0 Å². The Balaban J connectivity index is 1.71. The van der Waals surface area contributed by atoms with Gasteiger partial charge >= 0.3 is 0 Å². The molecule has 7 heteroatoms. The van der Waals surface area contributed by atoms with Crippen molar-refractivity contribution in [3.8, 4) is 5.75 Å². The van der Waals surface area contributed by atoms with E-state index in [1.807, 2.05) is 24.3 Å². The summed E-state index contributed by atoms with van der Waals surface area (Å²) in [5.41, 5.74) is 3.02. The number of ketones is 1. The summed E-state index contributed by atoms with van der Waals surface area (Å²) in [5, 5.41) is 2.87. The maximum atomic E-state index is 12.6. The molecule has 0 aromatic heterocycles. The monoisotopic (exact) mass is 415 g/mol. The number of methoxy groups -OCH3 is 1. The number of aryl methyl sites for hydroxylation is 1. The molecular formula is C22H25NO5S. The van der Waals surface area contributed by atoms with Crippen molar-refractivity contribution in [1.29, 1.82) is 0 Å². The predicted octanol–water partition coefficient (Wildman–Crippen LogP) is 3.01. The molecule has 154 valence electrons. The van der Waals surface area contributed by atoms with E-state index < -0.39 is 21.5 Å². The molecule has 0 heterocycles. The highest BCUT2D eigenvalue weighted by Gasteiger charge is 2.25. The van der Waals surface area contributed by atoms with Gasteiger partial charge < -0.3 is 10.1 Å². The molecule has 6 nitrogen and oxygen atoms in total. The molecule has 0 radical (unpaired) electrons. The number of sulfone groups is 1. The number of carbonyl (C=O) groups is 2. The molecule has 0 spiro atoms. The van der Waals surface area contributed by atoms with Crippen LogP contribution in [0.5, 0.6) is 5.75 Å². The fourth-order valence-corrected chi connectivity index (χ4v) is 5.02. The Hall–Kier alpha value is -2.67. The average Bonchev–Trinajstić information content (AvgIpc) is 2.67. The van der Waals surface area contributed by atoms with E-state index in [0.717, 1.165) is 24.8 Å². The first-order valence-electron chi connectivity index (χ1n) is 9.54. The number of carbonyl (C=O) groups excluding carboxylic acids is 2. The highest BCUT2D eigenvalue weighted by atomic mass is 32.2. The highest BCUT2D eigenvalue weighted by molar-refractivity contribution is 7.91. The highest BCUT2D eigenvalue weighted by Crippen LogP contribution is 2.29. The van der Waals surface area contributed by atoms with Crippen LogP contribution in [0, 0.1) is 0 Å². The van der Waals surface area contributed by atoms with E-state index in [4.69, 9.17) is 4.74 Å². The van der Waals surface area contributed by atoms with Crippen LogP contribution < -0.4 is 10.1 Å².